The first-order chi connectivity index (χ1) is 14.1. The van der Waals surface area contributed by atoms with E-state index in [0.29, 0.717) is 35.4 Å². The zero-order chi connectivity index (χ0) is 20.4. The second-order valence-electron chi connectivity index (χ2n) is 7.50. The number of nitrogens with zero attached hydrogens (tertiary/aromatic N) is 2. The van der Waals surface area contributed by atoms with Gasteiger partial charge in [-0.1, -0.05) is 35.3 Å². The molecule has 1 aliphatic heterocycles. The van der Waals surface area contributed by atoms with Crippen LogP contribution >= 0.6 is 23.2 Å². The van der Waals surface area contributed by atoms with Gasteiger partial charge in [-0.25, -0.2) is 0 Å². The van der Waals surface area contributed by atoms with Gasteiger partial charge in [0.2, 0.25) is 5.91 Å². The van der Waals surface area contributed by atoms with E-state index in [1.807, 2.05) is 41.3 Å². The molecule has 29 heavy (non-hydrogen) atoms. The maximum absolute atomic E-state index is 12.7. The molecule has 1 heterocycles. The third kappa shape index (κ3) is 4.63. The number of hydrogen-bond acceptors (Lipinski definition) is 4. The summed E-state index contributed by atoms with van der Waals surface area (Å²) in [7, 11) is 0. The highest BCUT2D eigenvalue weighted by Crippen LogP contribution is 2.39. The maximum Gasteiger partial charge on any atom is 0.225 e. The standard InChI is InChI=1S/C22H24Cl2N2O3/c23-17-5-3-15(4-6-17)21-14-25(22(28)16-1-2-16)9-10-26(21)20-8-7-18(13-19(20)24)29-12-11-27/h3-8,13,16,21,27H,1-2,9-12,14H2/t21-/m0/s1. The van der Waals surface area contributed by atoms with Gasteiger partial charge in [-0.05, 0) is 42.7 Å². The molecule has 154 valence electrons. The van der Waals surface area contributed by atoms with Crippen LogP contribution in [0.2, 0.25) is 10.0 Å². The van der Waals surface area contributed by atoms with Crippen LogP contribution in [0.5, 0.6) is 5.75 Å². The fraction of sp³-hybridized carbons (Fsp3) is 0.409. The van der Waals surface area contributed by atoms with E-state index in [4.69, 9.17) is 33.0 Å². The summed E-state index contributed by atoms with van der Waals surface area (Å²) in [5, 5.41) is 10.2. The third-order valence-corrected chi connectivity index (χ3v) is 6.02. The molecule has 0 radical (unpaired) electrons. The van der Waals surface area contributed by atoms with E-state index in [1.54, 1.807) is 6.07 Å². The van der Waals surface area contributed by atoms with Gasteiger partial charge in [-0.2, -0.15) is 0 Å². The highest BCUT2D eigenvalue weighted by molar-refractivity contribution is 6.33. The molecule has 1 saturated heterocycles. The first kappa shape index (κ1) is 20.3. The lowest BCUT2D eigenvalue weighted by Gasteiger charge is -2.43. The first-order valence-electron chi connectivity index (χ1n) is 9.91. The Morgan fingerprint density at radius 2 is 1.86 bits per heavy atom. The van der Waals surface area contributed by atoms with E-state index in [-0.39, 0.29) is 31.1 Å². The molecule has 1 amide bonds. The van der Waals surface area contributed by atoms with Crippen molar-refractivity contribution in [2.75, 3.05) is 37.7 Å². The van der Waals surface area contributed by atoms with E-state index >= 15 is 0 Å². The first-order valence-corrected chi connectivity index (χ1v) is 10.7. The van der Waals surface area contributed by atoms with E-state index in [1.165, 1.54) is 0 Å². The molecular weight excluding hydrogens is 411 g/mol. The Morgan fingerprint density at radius 3 is 2.52 bits per heavy atom. The normalized spacial score (nSPS) is 19.3. The Hall–Kier alpha value is -1.95. The molecule has 1 aliphatic carbocycles. The summed E-state index contributed by atoms with van der Waals surface area (Å²) in [5.41, 5.74) is 2.00. The summed E-state index contributed by atoms with van der Waals surface area (Å²) in [4.78, 5) is 16.9. The summed E-state index contributed by atoms with van der Waals surface area (Å²) in [6.45, 7) is 2.18. The molecule has 0 aromatic heterocycles. The summed E-state index contributed by atoms with van der Waals surface area (Å²) in [5.74, 6) is 1.10. The molecule has 1 saturated carbocycles. The number of benzene rings is 2. The largest absolute Gasteiger partial charge is 0.491 e. The molecule has 2 aromatic rings. The number of carbonyl (C=O) groups is 1. The van der Waals surface area contributed by atoms with E-state index in [0.717, 1.165) is 24.1 Å². The number of aliphatic hydroxyl groups is 1. The van der Waals surface area contributed by atoms with Gasteiger partial charge in [0, 0.05) is 36.6 Å². The van der Waals surface area contributed by atoms with E-state index in [2.05, 4.69) is 4.90 Å². The Bertz CT molecular complexity index is 871. The van der Waals surface area contributed by atoms with Crippen molar-refractivity contribution in [3.63, 3.8) is 0 Å². The highest BCUT2D eigenvalue weighted by atomic mass is 35.5. The minimum atomic E-state index is -0.0466. The number of hydrogen-bond donors (Lipinski definition) is 1. The second kappa shape index (κ2) is 8.82. The Morgan fingerprint density at radius 1 is 1.10 bits per heavy atom. The lowest BCUT2D eigenvalue weighted by molar-refractivity contribution is -0.133. The predicted octanol–water partition coefficient (Wildman–Crippen LogP) is 4.16. The van der Waals surface area contributed by atoms with Crippen LogP contribution in [0.4, 0.5) is 5.69 Å². The van der Waals surface area contributed by atoms with Gasteiger partial charge in [0.1, 0.15) is 12.4 Å². The molecule has 0 unspecified atom stereocenters. The van der Waals surface area contributed by atoms with Crippen molar-refractivity contribution in [1.29, 1.82) is 0 Å². The number of amides is 1. The number of rotatable bonds is 6. The van der Waals surface area contributed by atoms with Gasteiger partial charge >= 0.3 is 0 Å². The Balaban J connectivity index is 1.61. The smallest absolute Gasteiger partial charge is 0.225 e. The minimum absolute atomic E-state index is 0.00886. The minimum Gasteiger partial charge on any atom is -0.491 e. The number of ether oxygens (including phenoxy) is 1. The van der Waals surface area contributed by atoms with Crippen LogP contribution in [-0.4, -0.2) is 48.8 Å². The van der Waals surface area contributed by atoms with Crippen LogP contribution in [0.1, 0.15) is 24.4 Å². The average Bonchev–Trinajstić information content (AvgIpc) is 3.57. The van der Waals surface area contributed by atoms with Crippen molar-refractivity contribution in [2.45, 2.75) is 18.9 Å². The number of piperazine rings is 1. The monoisotopic (exact) mass is 434 g/mol. The van der Waals surface area contributed by atoms with E-state index < -0.39 is 0 Å². The SMILES string of the molecule is O=C(C1CC1)N1CCN(c2ccc(OCCO)cc2Cl)[C@H](c2ccc(Cl)cc2)C1. The van der Waals surface area contributed by atoms with Crippen LogP contribution in [-0.2, 0) is 4.79 Å². The lowest BCUT2D eigenvalue weighted by atomic mass is 10.0. The molecule has 0 bridgehead atoms. The molecule has 7 heteroatoms. The number of aliphatic hydroxyl groups excluding tert-OH is 1. The van der Waals surface area contributed by atoms with Crippen LogP contribution in [0, 0.1) is 5.92 Å². The molecule has 1 atom stereocenters. The number of anilines is 1. The Labute approximate surface area is 180 Å². The second-order valence-corrected chi connectivity index (χ2v) is 8.35. The van der Waals surface area contributed by atoms with Crippen molar-refractivity contribution in [3.8, 4) is 5.75 Å². The topological polar surface area (TPSA) is 53.0 Å². The predicted molar refractivity (Wildman–Crippen MR) is 115 cm³/mol. The fourth-order valence-electron chi connectivity index (χ4n) is 3.80. The van der Waals surface area contributed by atoms with Crippen molar-refractivity contribution in [2.24, 2.45) is 5.92 Å². The Kier molecular flexibility index (Phi) is 6.18. The highest BCUT2D eigenvalue weighted by Gasteiger charge is 2.38. The van der Waals surface area contributed by atoms with E-state index in [9.17, 15) is 4.79 Å². The molecule has 2 fully saturated rings. The third-order valence-electron chi connectivity index (χ3n) is 5.46. The maximum atomic E-state index is 12.7. The molecule has 5 nitrogen and oxygen atoms in total. The average molecular weight is 435 g/mol. The zero-order valence-corrected chi connectivity index (χ0v) is 17.6. The molecule has 4 rings (SSSR count). The summed E-state index contributed by atoms with van der Waals surface area (Å²) in [6.07, 6.45) is 2.01. The van der Waals surface area contributed by atoms with Gasteiger partial charge in [-0.15, -0.1) is 0 Å². The zero-order valence-electron chi connectivity index (χ0n) is 16.1. The molecule has 2 aliphatic rings. The van der Waals surface area contributed by atoms with Gasteiger partial charge < -0.3 is 19.6 Å². The van der Waals surface area contributed by atoms with Gasteiger partial charge in [0.15, 0.2) is 0 Å². The summed E-state index contributed by atoms with van der Waals surface area (Å²) >= 11 is 12.7. The van der Waals surface area contributed by atoms with Crippen molar-refractivity contribution in [1.82, 2.24) is 4.90 Å². The van der Waals surface area contributed by atoms with Crippen molar-refractivity contribution < 1.29 is 14.6 Å². The summed E-state index contributed by atoms with van der Waals surface area (Å²) in [6, 6.07) is 13.3. The number of carbonyl (C=O) groups excluding carboxylic acids is 1. The quantitative estimate of drug-likeness (QED) is 0.741. The fourth-order valence-corrected chi connectivity index (χ4v) is 4.21. The van der Waals surface area contributed by atoms with Crippen molar-refractivity contribution >= 4 is 34.8 Å². The van der Waals surface area contributed by atoms with Gasteiger partial charge in [-0.3, -0.25) is 4.79 Å². The van der Waals surface area contributed by atoms with Crippen LogP contribution < -0.4 is 9.64 Å². The van der Waals surface area contributed by atoms with Crippen LogP contribution in [0.3, 0.4) is 0 Å². The molecule has 2 aromatic carbocycles. The van der Waals surface area contributed by atoms with Gasteiger partial charge in [0.25, 0.3) is 0 Å². The summed E-state index contributed by atoms with van der Waals surface area (Å²) < 4.78 is 5.46. The number of halogens is 2. The molecule has 0 spiro atoms. The van der Waals surface area contributed by atoms with Crippen molar-refractivity contribution in [3.05, 3.63) is 58.1 Å². The molecule has 1 N–H and O–H groups in total. The molecular formula is C22H24Cl2N2O3. The lowest BCUT2D eigenvalue weighted by Crippen LogP contribution is -2.51. The van der Waals surface area contributed by atoms with Crippen LogP contribution in [0.15, 0.2) is 42.5 Å². The van der Waals surface area contributed by atoms with Gasteiger partial charge in [0.05, 0.1) is 23.4 Å². The van der Waals surface area contributed by atoms with Crippen LogP contribution in [0.25, 0.3) is 0 Å².